The highest BCUT2D eigenvalue weighted by Crippen LogP contribution is 2.32. The lowest BCUT2D eigenvalue weighted by Gasteiger charge is -2.21. The minimum absolute atomic E-state index is 0.0608. The molecule has 4 heteroatoms. The third-order valence-electron chi connectivity index (χ3n) is 3.09. The fourth-order valence-electron chi connectivity index (χ4n) is 2.46. The molecule has 0 saturated carbocycles. The Balaban J connectivity index is 2.15. The van der Waals surface area contributed by atoms with Crippen molar-refractivity contribution in [2.45, 2.75) is 37.1 Å². The topological polar surface area (TPSA) is 63.9 Å². The summed E-state index contributed by atoms with van der Waals surface area (Å²) in [7, 11) is 0. The summed E-state index contributed by atoms with van der Waals surface area (Å²) in [6.45, 7) is 0.832. The van der Waals surface area contributed by atoms with Crippen molar-refractivity contribution in [2.75, 3.05) is 13.2 Å². The molecule has 2 heterocycles. The van der Waals surface area contributed by atoms with E-state index in [1.807, 2.05) is 4.90 Å². The van der Waals surface area contributed by atoms with E-state index in [1.165, 1.54) is 0 Å². The van der Waals surface area contributed by atoms with Crippen LogP contribution in [-0.2, 0) is 0 Å². The molecule has 0 aromatic heterocycles. The van der Waals surface area contributed by atoms with Crippen molar-refractivity contribution in [3.05, 3.63) is 0 Å². The van der Waals surface area contributed by atoms with Gasteiger partial charge >= 0.3 is 0 Å². The Morgan fingerprint density at radius 3 is 2.67 bits per heavy atom. The molecule has 0 bridgehead atoms. The maximum Gasteiger partial charge on any atom is 0.0991 e. The van der Waals surface area contributed by atoms with Crippen LogP contribution in [0.1, 0.15) is 12.8 Å². The maximum absolute atomic E-state index is 9.57. The summed E-state index contributed by atoms with van der Waals surface area (Å²) in [6.07, 6.45) is 0.574. The Bertz CT molecular complexity index is 174. The molecule has 0 spiro atoms. The van der Waals surface area contributed by atoms with Gasteiger partial charge in [-0.3, -0.25) is 4.90 Å². The van der Waals surface area contributed by atoms with E-state index in [2.05, 4.69) is 0 Å². The van der Waals surface area contributed by atoms with Gasteiger partial charge in [-0.2, -0.15) is 0 Å². The standard InChI is InChI=1S/C8H15NO3/c10-4-6-8(12)7(11)5-2-1-3-9(5)6/h5-8,10-12H,1-4H2/t5-,6-,7-,8-/m0/s1. The van der Waals surface area contributed by atoms with E-state index in [0.29, 0.717) is 0 Å². The Hall–Kier alpha value is -0.160. The van der Waals surface area contributed by atoms with Crippen molar-refractivity contribution in [2.24, 2.45) is 0 Å². The van der Waals surface area contributed by atoms with Gasteiger partial charge in [0.1, 0.15) is 0 Å². The average Bonchev–Trinajstić information content (AvgIpc) is 2.59. The van der Waals surface area contributed by atoms with Crippen molar-refractivity contribution in [3.8, 4) is 0 Å². The molecule has 2 aliphatic rings. The van der Waals surface area contributed by atoms with Crippen LogP contribution in [0.2, 0.25) is 0 Å². The second-order valence-electron chi connectivity index (χ2n) is 3.68. The largest absolute Gasteiger partial charge is 0.395 e. The number of aliphatic hydroxyl groups is 3. The van der Waals surface area contributed by atoms with Crippen LogP contribution in [0.15, 0.2) is 0 Å². The van der Waals surface area contributed by atoms with Gasteiger partial charge < -0.3 is 15.3 Å². The Labute approximate surface area is 71.4 Å². The van der Waals surface area contributed by atoms with Crippen LogP contribution in [0.5, 0.6) is 0 Å². The third-order valence-corrected chi connectivity index (χ3v) is 3.09. The van der Waals surface area contributed by atoms with Crippen LogP contribution in [-0.4, -0.2) is 57.7 Å². The van der Waals surface area contributed by atoms with Gasteiger partial charge in [0.25, 0.3) is 0 Å². The molecule has 12 heavy (non-hydrogen) atoms. The molecule has 4 nitrogen and oxygen atoms in total. The number of hydrogen-bond acceptors (Lipinski definition) is 4. The van der Waals surface area contributed by atoms with Gasteiger partial charge in [-0.25, -0.2) is 0 Å². The van der Waals surface area contributed by atoms with E-state index in [4.69, 9.17) is 5.11 Å². The molecule has 70 valence electrons. The highest BCUT2D eigenvalue weighted by atomic mass is 16.3. The first-order valence-corrected chi connectivity index (χ1v) is 4.48. The summed E-state index contributed by atoms with van der Waals surface area (Å²) in [5, 5.41) is 28.1. The van der Waals surface area contributed by atoms with Gasteiger partial charge in [-0.15, -0.1) is 0 Å². The smallest absolute Gasteiger partial charge is 0.0991 e. The van der Waals surface area contributed by atoms with E-state index in [0.717, 1.165) is 19.4 Å². The van der Waals surface area contributed by atoms with Gasteiger partial charge in [0.05, 0.1) is 24.9 Å². The summed E-state index contributed by atoms with van der Waals surface area (Å²) >= 11 is 0. The highest BCUT2D eigenvalue weighted by Gasteiger charge is 2.48. The van der Waals surface area contributed by atoms with Crippen molar-refractivity contribution in [3.63, 3.8) is 0 Å². The summed E-state index contributed by atoms with van der Waals surface area (Å²) in [5.41, 5.74) is 0. The molecule has 2 aliphatic heterocycles. The molecular formula is C8H15NO3. The van der Waals surface area contributed by atoms with Gasteiger partial charge in [-0.1, -0.05) is 0 Å². The zero-order valence-electron chi connectivity index (χ0n) is 6.93. The van der Waals surface area contributed by atoms with Crippen LogP contribution < -0.4 is 0 Å². The van der Waals surface area contributed by atoms with Gasteiger partial charge in [0.2, 0.25) is 0 Å². The van der Waals surface area contributed by atoms with E-state index >= 15 is 0 Å². The van der Waals surface area contributed by atoms with Crippen molar-refractivity contribution in [1.82, 2.24) is 4.90 Å². The zero-order valence-corrected chi connectivity index (χ0v) is 6.93. The van der Waals surface area contributed by atoms with Gasteiger partial charge in [0.15, 0.2) is 0 Å². The molecular weight excluding hydrogens is 158 g/mol. The van der Waals surface area contributed by atoms with E-state index in [1.54, 1.807) is 0 Å². The van der Waals surface area contributed by atoms with E-state index in [-0.39, 0.29) is 18.7 Å². The Morgan fingerprint density at radius 2 is 2.00 bits per heavy atom. The van der Waals surface area contributed by atoms with Gasteiger partial charge in [0, 0.05) is 6.04 Å². The maximum atomic E-state index is 9.57. The Kier molecular flexibility index (Phi) is 2.08. The normalized spacial score (nSPS) is 48.2. The molecule has 0 aromatic rings. The third kappa shape index (κ3) is 0.992. The highest BCUT2D eigenvalue weighted by molar-refractivity contribution is 5.03. The predicted octanol–water partition coefficient (Wildman–Crippen LogP) is -1.45. The van der Waals surface area contributed by atoms with Gasteiger partial charge in [-0.05, 0) is 19.4 Å². The minimum atomic E-state index is -0.764. The minimum Gasteiger partial charge on any atom is -0.395 e. The number of fused-ring (bicyclic) bond motifs is 1. The molecule has 0 aromatic carbocycles. The lowest BCUT2D eigenvalue weighted by atomic mass is 10.1. The van der Waals surface area contributed by atoms with E-state index in [9.17, 15) is 10.2 Å². The van der Waals surface area contributed by atoms with Crippen molar-refractivity contribution in [1.29, 1.82) is 0 Å². The molecule has 2 fully saturated rings. The molecule has 2 saturated heterocycles. The van der Waals surface area contributed by atoms with Crippen molar-refractivity contribution < 1.29 is 15.3 Å². The summed E-state index contributed by atoms with van der Waals surface area (Å²) < 4.78 is 0. The monoisotopic (exact) mass is 173 g/mol. The average molecular weight is 173 g/mol. The van der Waals surface area contributed by atoms with Crippen LogP contribution in [0.25, 0.3) is 0 Å². The number of nitrogens with zero attached hydrogens (tertiary/aromatic N) is 1. The molecule has 3 N–H and O–H groups in total. The molecule has 0 amide bonds. The zero-order chi connectivity index (χ0) is 8.72. The number of rotatable bonds is 1. The molecule has 0 radical (unpaired) electrons. The lowest BCUT2D eigenvalue weighted by molar-refractivity contribution is 0.0154. The summed E-state index contributed by atoms with van der Waals surface area (Å²) in [6, 6.07) is -0.162. The predicted molar refractivity (Wildman–Crippen MR) is 42.6 cm³/mol. The Morgan fingerprint density at radius 1 is 1.25 bits per heavy atom. The van der Waals surface area contributed by atoms with Crippen LogP contribution in [0.4, 0.5) is 0 Å². The van der Waals surface area contributed by atoms with Crippen LogP contribution >= 0.6 is 0 Å². The van der Waals surface area contributed by atoms with E-state index < -0.39 is 12.2 Å². The van der Waals surface area contributed by atoms with Crippen LogP contribution in [0.3, 0.4) is 0 Å². The first-order chi connectivity index (χ1) is 5.75. The first kappa shape index (κ1) is 8.44. The molecule has 4 atom stereocenters. The SMILES string of the molecule is OC[C@H]1[C@H](O)[C@@H](O)[C@@H]2CCCN12. The van der Waals surface area contributed by atoms with Crippen molar-refractivity contribution >= 4 is 0 Å². The molecule has 0 aliphatic carbocycles. The second-order valence-corrected chi connectivity index (χ2v) is 3.68. The number of hydrogen-bond donors (Lipinski definition) is 3. The summed E-state index contributed by atoms with van der Waals surface area (Å²) in [5.74, 6) is 0. The fraction of sp³-hybridized carbons (Fsp3) is 1.00. The van der Waals surface area contributed by atoms with Crippen LogP contribution in [0, 0.1) is 0 Å². The fourth-order valence-corrected chi connectivity index (χ4v) is 2.46. The molecule has 0 unspecified atom stereocenters. The first-order valence-electron chi connectivity index (χ1n) is 4.48. The molecule has 2 rings (SSSR count). The number of aliphatic hydroxyl groups excluding tert-OH is 3. The second kappa shape index (κ2) is 2.96. The lowest BCUT2D eigenvalue weighted by Crippen LogP contribution is -2.38. The summed E-state index contributed by atoms with van der Waals surface area (Å²) in [4.78, 5) is 2.02. The quantitative estimate of drug-likeness (QED) is 0.454.